The lowest BCUT2D eigenvalue weighted by atomic mass is 10.1. The third kappa shape index (κ3) is 1.99. The van der Waals surface area contributed by atoms with Gasteiger partial charge in [0.1, 0.15) is 11.4 Å². The summed E-state index contributed by atoms with van der Waals surface area (Å²) in [7, 11) is 0. The lowest BCUT2D eigenvalue weighted by molar-refractivity contribution is -0.387. The van der Waals surface area contributed by atoms with Crippen molar-refractivity contribution in [1.29, 1.82) is 0 Å². The first kappa shape index (κ1) is 11.2. The van der Waals surface area contributed by atoms with Crippen LogP contribution < -0.4 is 5.73 Å². The van der Waals surface area contributed by atoms with Gasteiger partial charge in [-0.15, -0.1) is 0 Å². The van der Waals surface area contributed by atoms with E-state index in [0.29, 0.717) is 6.20 Å². The van der Waals surface area contributed by atoms with Crippen LogP contribution in [0.1, 0.15) is 17.6 Å². The largest absolute Gasteiger partial charge is 0.391 e. The summed E-state index contributed by atoms with van der Waals surface area (Å²) in [6.45, 7) is -0.810. The van der Waals surface area contributed by atoms with Gasteiger partial charge in [0, 0.05) is 6.20 Å². The fourth-order valence-corrected chi connectivity index (χ4v) is 1.10. The van der Waals surface area contributed by atoms with Crippen LogP contribution in [0.2, 0.25) is 0 Å². The third-order valence-electron chi connectivity index (χ3n) is 1.79. The van der Waals surface area contributed by atoms with Gasteiger partial charge in [0.25, 0.3) is 12.1 Å². The van der Waals surface area contributed by atoms with E-state index in [2.05, 4.69) is 4.98 Å². The molecule has 0 radical (unpaired) electrons. The highest BCUT2D eigenvalue weighted by atomic mass is 19.3. The van der Waals surface area contributed by atoms with Crippen molar-refractivity contribution in [1.82, 2.24) is 4.98 Å². The summed E-state index contributed by atoms with van der Waals surface area (Å²) in [4.78, 5) is 12.9. The maximum atomic E-state index is 12.4. The number of halogens is 2. The molecule has 0 aliphatic rings. The van der Waals surface area contributed by atoms with E-state index < -0.39 is 34.8 Å². The molecule has 8 heteroatoms. The molecule has 0 bridgehead atoms. The third-order valence-corrected chi connectivity index (χ3v) is 1.79. The molecule has 0 spiro atoms. The fraction of sp³-hybridized carbons (Fsp3) is 0.286. The number of nitrogen functional groups attached to an aromatic ring is 1. The van der Waals surface area contributed by atoms with E-state index in [1.54, 1.807) is 0 Å². The van der Waals surface area contributed by atoms with Crippen molar-refractivity contribution in [2.75, 3.05) is 5.73 Å². The number of nitrogens with zero attached hydrogens (tertiary/aromatic N) is 2. The average molecular weight is 219 g/mol. The molecule has 1 rings (SSSR count). The summed E-state index contributed by atoms with van der Waals surface area (Å²) in [6, 6.07) is 0. The van der Waals surface area contributed by atoms with E-state index in [1.807, 2.05) is 0 Å². The minimum atomic E-state index is -3.04. The summed E-state index contributed by atoms with van der Waals surface area (Å²) < 4.78 is 24.7. The number of aliphatic hydroxyl groups is 1. The molecule has 15 heavy (non-hydrogen) atoms. The number of aliphatic hydroxyl groups excluding tert-OH is 1. The van der Waals surface area contributed by atoms with Crippen LogP contribution in [0.15, 0.2) is 6.20 Å². The van der Waals surface area contributed by atoms with Crippen LogP contribution in [0.4, 0.5) is 20.3 Å². The van der Waals surface area contributed by atoms with Gasteiger partial charge < -0.3 is 10.8 Å². The van der Waals surface area contributed by atoms with Gasteiger partial charge in [-0.3, -0.25) is 10.1 Å². The molecule has 3 N–H and O–H groups in total. The van der Waals surface area contributed by atoms with E-state index in [-0.39, 0.29) is 5.82 Å². The predicted molar refractivity (Wildman–Crippen MR) is 46.2 cm³/mol. The zero-order chi connectivity index (χ0) is 11.6. The van der Waals surface area contributed by atoms with Gasteiger partial charge in [-0.25, -0.2) is 13.8 Å². The fourth-order valence-electron chi connectivity index (χ4n) is 1.10. The molecule has 0 saturated carbocycles. The average Bonchev–Trinajstić information content (AvgIpc) is 2.16. The molecule has 0 atom stereocenters. The van der Waals surface area contributed by atoms with Crippen molar-refractivity contribution in [3.8, 4) is 0 Å². The first-order valence-corrected chi connectivity index (χ1v) is 3.79. The lowest BCUT2D eigenvalue weighted by Crippen LogP contribution is -2.06. The molecule has 1 aromatic rings. The van der Waals surface area contributed by atoms with E-state index >= 15 is 0 Å². The monoisotopic (exact) mass is 219 g/mol. The second kappa shape index (κ2) is 4.13. The molecule has 0 aliphatic heterocycles. The lowest BCUT2D eigenvalue weighted by Gasteiger charge is -2.06. The standard InChI is InChI=1S/C7H7F2N3O3/c8-6(9)3-1-11-7(10)4(2-13)5(3)12(14)15/h1,6,13H,2H2,(H2,10,11). The van der Waals surface area contributed by atoms with Gasteiger partial charge >= 0.3 is 0 Å². The molecule has 6 nitrogen and oxygen atoms in total. The van der Waals surface area contributed by atoms with Gasteiger partial charge in [0.05, 0.1) is 17.1 Å². The predicted octanol–water partition coefficient (Wildman–Crippen LogP) is 1.00. The highest BCUT2D eigenvalue weighted by molar-refractivity contribution is 5.57. The van der Waals surface area contributed by atoms with Gasteiger partial charge in [-0.05, 0) is 0 Å². The quantitative estimate of drug-likeness (QED) is 0.583. The number of hydrogen-bond acceptors (Lipinski definition) is 5. The molecule has 0 amide bonds. The topological polar surface area (TPSA) is 102 Å². The Hall–Kier alpha value is -1.83. The molecule has 0 fully saturated rings. The van der Waals surface area contributed by atoms with E-state index in [9.17, 15) is 18.9 Å². The number of nitro groups is 1. The van der Waals surface area contributed by atoms with Gasteiger partial charge in [0.2, 0.25) is 0 Å². The Morgan fingerprint density at radius 2 is 2.27 bits per heavy atom. The second-order valence-corrected chi connectivity index (χ2v) is 2.64. The Balaban J connectivity index is 3.49. The molecule has 82 valence electrons. The van der Waals surface area contributed by atoms with Gasteiger partial charge in [0.15, 0.2) is 0 Å². The van der Waals surface area contributed by atoms with Crippen molar-refractivity contribution < 1.29 is 18.8 Å². The van der Waals surface area contributed by atoms with Crippen LogP contribution in [0.5, 0.6) is 0 Å². The van der Waals surface area contributed by atoms with E-state index in [4.69, 9.17) is 10.8 Å². The summed E-state index contributed by atoms with van der Waals surface area (Å²) in [5.41, 5.74) is 3.10. The number of aromatic nitrogens is 1. The van der Waals surface area contributed by atoms with E-state index in [1.165, 1.54) is 0 Å². The SMILES string of the molecule is Nc1ncc(C(F)F)c([N+](=O)[O-])c1CO. The van der Waals surface area contributed by atoms with Crippen molar-refractivity contribution in [3.63, 3.8) is 0 Å². The smallest absolute Gasteiger partial charge is 0.289 e. The van der Waals surface area contributed by atoms with Crippen LogP contribution in [-0.4, -0.2) is 15.0 Å². The maximum absolute atomic E-state index is 12.4. The summed E-state index contributed by atoms with van der Waals surface area (Å²) >= 11 is 0. The zero-order valence-corrected chi connectivity index (χ0v) is 7.35. The molecular weight excluding hydrogens is 212 g/mol. The van der Waals surface area contributed by atoms with Crippen LogP contribution in [0.3, 0.4) is 0 Å². The van der Waals surface area contributed by atoms with Crippen molar-refractivity contribution in [3.05, 3.63) is 27.4 Å². The highest BCUT2D eigenvalue weighted by Crippen LogP contribution is 2.33. The summed E-state index contributed by atoms with van der Waals surface area (Å²) in [6.07, 6.45) is -2.40. The van der Waals surface area contributed by atoms with Gasteiger partial charge in [-0.2, -0.15) is 0 Å². The van der Waals surface area contributed by atoms with Crippen molar-refractivity contribution in [2.45, 2.75) is 13.0 Å². The number of nitrogens with two attached hydrogens (primary N) is 1. The normalized spacial score (nSPS) is 10.7. The molecular formula is C7H7F2N3O3. The van der Waals surface area contributed by atoms with Crippen LogP contribution in [-0.2, 0) is 6.61 Å². The summed E-state index contributed by atoms with van der Waals surface area (Å²) in [5.74, 6) is -0.325. The highest BCUT2D eigenvalue weighted by Gasteiger charge is 2.27. The summed E-state index contributed by atoms with van der Waals surface area (Å²) in [5, 5.41) is 19.3. The number of rotatable bonds is 3. The van der Waals surface area contributed by atoms with Gasteiger partial charge in [-0.1, -0.05) is 0 Å². The van der Waals surface area contributed by atoms with Crippen LogP contribution >= 0.6 is 0 Å². The second-order valence-electron chi connectivity index (χ2n) is 2.64. The minimum absolute atomic E-state index is 0.325. The molecule has 0 unspecified atom stereocenters. The first-order chi connectivity index (χ1) is 6.99. The Morgan fingerprint density at radius 1 is 1.67 bits per heavy atom. The Labute approximate surface area is 82.5 Å². The number of alkyl halides is 2. The molecule has 0 aromatic carbocycles. The maximum Gasteiger partial charge on any atom is 0.289 e. The number of anilines is 1. The first-order valence-electron chi connectivity index (χ1n) is 3.79. The molecule has 1 aromatic heterocycles. The van der Waals surface area contributed by atoms with Crippen molar-refractivity contribution >= 4 is 11.5 Å². The van der Waals surface area contributed by atoms with E-state index in [0.717, 1.165) is 0 Å². The van der Waals surface area contributed by atoms with Crippen molar-refractivity contribution in [2.24, 2.45) is 0 Å². The number of pyridine rings is 1. The molecule has 1 heterocycles. The zero-order valence-electron chi connectivity index (χ0n) is 7.35. The minimum Gasteiger partial charge on any atom is -0.391 e. The number of hydrogen-bond donors (Lipinski definition) is 2. The Morgan fingerprint density at radius 3 is 2.67 bits per heavy atom. The molecule has 0 saturated heterocycles. The van der Waals surface area contributed by atoms with Crippen LogP contribution in [0, 0.1) is 10.1 Å². The van der Waals surface area contributed by atoms with Crippen LogP contribution in [0.25, 0.3) is 0 Å². The Bertz CT molecular complexity index is 397. The molecule has 0 aliphatic carbocycles. The Kier molecular flexibility index (Phi) is 3.10.